The number of nitrogens with one attached hydrogen (secondary N) is 1. The summed E-state index contributed by atoms with van der Waals surface area (Å²) >= 11 is 0. The van der Waals surface area contributed by atoms with Crippen LogP contribution in [0.5, 0.6) is 0 Å². The second kappa shape index (κ2) is 6.70. The monoisotopic (exact) mass is 252 g/mol. The first kappa shape index (κ1) is 14.1. The van der Waals surface area contributed by atoms with E-state index < -0.39 is 5.97 Å². The van der Waals surface area contributed by atoms with Crippen molar-refractivity contribution in [2.45, 2.75) is 13.3 Å². The molecule has 0 aliphatic heterocycles. The third-order valence-corrected chi connectivity index (χ3v) is 2.25. The van der Waals surface area contributed by atoms with Crippen LogP contribution < -0.4 is 5.32 Å². The molecule has 2 N–H and O–H groups in total. The molecule has 1 heterocycles. The molecule has 18 heavy (non-hydrogen) atoms. The molecule has 0 saturated heterocycles. The Hall–Kier alpha value is -1.95. The van der Waals surface area contributed by atoms with Gasteiger partial charge in [-0.05, 0) is 18.1 Å². The second-order valence-corrected chi connectivity index (χ2v) is 4.05. The molecule has 0 fully saturated rings. The number of ether oxygens (including phenoxy) is 1. The highest BCUT2D eigenvalue weighted by molar-refractivity contribution is 5.91. The molecule has 0 aromatic carbocycles. The van der Waals surface area contributed by atoms with Crippen LogP contribution in [-0.4, -0.2) is 35.7 Å². The fourth-order valence-electron chi connectivity index (χ4n) is 1.47. The minimum atomic E-state index is -1.10. The molecule has 1 rings (SSSR count). The van der Waals surface area contributed by atoms with Crippen LogP contribution in [0.15, 0.2) is 18.3 Å². The average Bonchev–Trinajstić information content (AvgIpc) is 2.29. The van der Waals surface area contributed by atoms with Gasteiger partial charge in [-0.25, -0.2) is 9.78 Å². The molecule has 0 spiro atoms. The molecule has 1 atom stereocenters. The van der Waals surface area contributed by atoms with Crippen molar-refractivity contribution in [2.24, 2.45) is 5.92 Å². The van der Waals surface area contributed by atoms with E-state index in [2.05, 4.69) is 10.3 Å². The van der Waals surface area contributed by atoms with Gasteiger partial charge < -0.3 is 15.2 Å². The molecule has 1 aromatic rings. The van der Waals surface area contributed by atoms with Crippen LogP contribution in [0.4, 0.5) is 5.69 Å². The maximum atomic E-state index is 11.6. The van der Waals surface area contributed by atoms with Gasteiger partial charge in [-0.1, -0.05) is 6.92 Å². The van der Waals surface area contributed by atoms with Crippen molar-refractivity contribution in [3.63, 3.8) is 0 Å². The van der Waals surface area contributed by atoms with E-state index in [4.69, 9.17) is 9.84 Å². The van der Waals surface area contributed by atoms with Gasteiger partial charge in [0.15, 0.2) is 0 Å². The first-order chi connectivity index (χ1) is 8.52. The Bertz CT molecular complexity index is 417. The Morgan fingerprint density at radius 1 is 1.50 bits per heavy atom. The third-order valence-electron chi connectivity index (χ3n) is 2.25. The zero-order chi connectivity index (χ0) is 13.5. The molecule has 0 radical (unpaired) electrons. The number of hydrogen-bond acceptors (Lipinski definition) is 4. The highest BCUT2D eigenvalue weighted by Crippen LogP contribution is 2.09. The van der Waals surface area contributed by atoms with Gasteiger partial charge in [-0.3, -0.25) is 4.79 Å². The Morgan fingerprint density at radius 2 is 2.22 bits per heavy atom. The Balaban J connectivity index is 2.51. The Kier molecular flexibility index (Phi) is 5.26. The number of rotatable bonds is 6. The summed E-state index contributed by atoms with van der Waals surface area (Å²) in [7, 11) is 1.59. The third kappa shape index (κ3) is 4.50. The van der Waals surface area contributed by atoms with Crippen molar-refractivity contribution < 1.29 is 19.4 Å². The summed E-state index contributed by atoms with van der Waals surface area (Å²) in [6.45, 7) is 2.43. The standard InChI is InChI=1S/C12H16N2O4/c1-8(7-18-2)5-11(15)14-9-3-4-10(12(16)17)13-6-9/h3-4,6,8H,5,7H2,1-2H3,(H,14,15)(H,16,17). The van der Waals surface area contributed by atoms with Gasteiger partial charge in [0.2, 0.25) is 5.91 Å². The average molecular weight is 252 g/mol. The van der Waals surface area contributed by atoms with Crippen molar-refractivity contribution in [3.05, 3.63) is 24.0 Å². The summed E-state index contributed by atoms with van der Waals surface area (Å²) in [6, 6.07) is 2.85. The van der Waals surface area contributed by atoms with Crippen molar-refractivity contribution in [2.75, 3.05) is 19.0 Å². The van der Waals surface area contributed by atoms with Crippen LogP contribution in [0, 0.1) is 5.92 Å². The Labute approximate surface area is 105 Å². The highest BCUT2D eigenvalue weighted by atomic mass is 16.5. The van der Waals surface area contributed by atoms with Gasteiger partial charge in [0, 0.05) is 20.1 Å². The number of amides is 1. The lowest BCUT2D eigenvalue weighted by Crippen LogP contribution is -2.17. The molecule has 1 aromatic heterocycles. The number of carbonyl (C=O) groups excluding carboxylic acids is 1. The summed E-state index contributed by atoms with van der Waals surface area (Å²) in [5.41, 5.74) is 0.426. The summed E-state index contributed by atoms with van der Waals surface area (Å²) in [4.78, 5) is 25.9. The van der Waals surface area contributed by atoms with Gasteiger partial charge in [0.1, 0.15) is 5.69 Å². The molecule has 0 aliphatic carbocycles. The van der Waals surface area contributed by atoms with Crippen LogP contribution in [0.25, 0.3) is 0 Å². The van der Waals surface area contributed by atoms with E-state index in [1.165, 1.54) is 18.3 Å². The van der Waals surface area contributed by atoms with Crippen LogP contribution in [-0.2, 0) is 9.53 Å². The zero-order valence-electron chi connectivity index (χ0n) is 10.3. The van der Waals surface area contributed by atoms with E-state index in [0.717, 1.165) is 0 Å². The fraction of sp³-hybridized carbons (Fsp3) is 0.417. The smallest absolute Gasteiger partial charge is 0.354 e. The van der Waals surface area contributed by atoms with E-state index in [-0.39, 0.29) is 17.5 Å². The molecule has 98 valence electrons. The van der Waals surface area contributed by atoms with Crippen LogP contribution in [0.1, 0.15) is 23.8 Å². The van der Waals surface area contributed by atoms with E-state index in [0.29, 0.717) is 18.7 Å². The quantitative estimate of drug-likeness (QED) is 0.798. The van der Waals surface area contributed by atoms with Gasteiger partial charge in [-0.15, -0.1) is 0 Å². The topological polar surface area (TPSA) is 88.5 Å². The number of aromatic nitrogens is 1. The summed E-state index contributed by atoms with van der Waals surface area (Å²) in [5, 5.41) is 11.3. The summed E-state index contributed by atoms with van der Waals surface area (Å²) in [5.74, 6) is -1.12. The number of nitrogens with zero attached hydrogens (tertiary/aromatic N) is 1. The number of hydrogen-bond donors (Lipinski definition) is 2. The predicted octanol–water partition coefficient (Wildman–Crippen LogP) is 1.39. The normalized spacial score (nSPS) is 11.9. The van der Waals surface area contributed by atoms with Crippen molar-refractivity contribution >= 4 is 17.6 Å². The maximum absolute atomic E-state index is 11.6. The number of pyridine rings is 1. The molecule has 6 nitrogen and oxygen atoms in total. The van der Waals surface area contributed by atoms with E-state index in [1.807, 2.05) is 6.92 Å². The SMILES string of the molecule is COCC(C)CC(=O)Nc1ccc(C(=O)O)nc1. The molecular weight excluding hydrogens is 236 g/mol. The lowest BCUT2D eigenvalue weighted by Gasteiger charge is -2.10. The number of anilines is 1. The minimum Gasteiger partial charge on any atom is -0.477 e. The first-order valence-corrected chi connectivity index (χ1v) is 5.51. The molecule has 0 bridgehead atoms. The zero-order valence-corrected chi connectivity index (χ0v) is 10.3. The largest absolute Gasteiger partial charge is 0.477 e. The Morgan fingerprint density at radius 3 is 2.72 bits per heavy atom. The molecule has 1 amide bonds. The molecule has 0 saturated carbocycles. The van der Waals surface area contributed by atoms with Crippen molar-refractivity contribution in [1.29, 1.82) is 0 Å². The van der Waals surface area contributed by atoms with Crippen LogP contribution in [0.3, 0.4) is 0 Å². The first-order valence-electron chi connectivity index (χ1n) is 5.51. The fourth-order valence-corrected chi connectivity index (χ4v) is 1.47. The maximum Gasteiger partial charge on any atom is 0.354 e. The number of carboxylic acid groups (broad SMARTS) is 1. The molecule has 1 unspecified atom stereocenters. The number of carboxylic acids is 1. The van der Waals surface area contributed by atoms with Crippen LogP contribution in [0.2, 0.25) is 0 Å². The molecule has 0 aliphatic rings. The number of carbonyl (C=O) groups is 2. The van der Waals surface area contributed by atoms with Gasteiger partial charge in [-0.2, -0.15) is 0 Å². The lowest BCUT2D eigenvalue weighted by atomic mass is 10.1. The van der Waals surface area contributed by atoms with Crippen molar-refractivity contribution in [3.8, 4) is 0 Å². The van der Waals surface area contributed by atoms with Crippen LogP contribution >= 0.6 is 0 Å². The van der Waals surface area contributed by atoms with Gasteiger partial charge in [0.05, 0.1) is 11.9 Å². The second-order valence-electron chi connectivity index (χ2n) is 4.05. The summed E-state index contributed by atoms with van der Waals surface area (Å²) in [6.07, 6.45) is 1.66. The van der Waals surface area contributed by atoms with Gasteiger partial charge >= 0.3 is 5.97 Å². The molecule has 6 heteroatoms. The van der Waals surface area contributed by atoms with Crippen molar-refractivity contribution in [1.82, 2.24) is 4.98 Å². The number of methoxy groups -OCH3 is 1. The lowest BCUT2D eigenvalue weighted by molar-refractivity contribution is -0.117. The minimum absolute atomic E-state index is 0.0549. The number of aromatic carboxylic acids is 1. The van der Waals surface area contributed by atoms with E-state index in [1.54, 1.807) is 7.11 Å². The molecular formula is C12H16N2O4. The van der Waals surface area contributed by atoms with Gasteiger partial charge in [0.25, 0.3) is 0 Å². The predicted molar refractivity (Wildman–Crippen MR) is 65.5 cm³/mol. The van der Waals surface area contributed by atoms with E-state index >= 15 is 0 Å². The highest BCUT2D eigenvalue weighted by Gasteiger charge is 2.10. The summed E-state index contributed by atoms with van der Waals surface area (Å²) < 4.78 is 4.94. The van der Waals surface area contributed by atoms with E-state index in [9.17, 15) is 9.59 Å².